The predicted molar refractivity (Wildman–Crippen MR) is 121 cm³/mol. The lowest BCUT2D eigenvalue weighted by Crippen LogP contribution is -2.47. The predicted octanol–water partition coefficient (Wildman–Crippen LogP) is 2.43. The molecule has 0 spiro atoms. The van der Waals surface area contributed by atoms with Gasteiger partial charge in [-0.25, -0.2) is 0 Å². The monoisotopic (exact) mass is 495 g/mol. The third-order valence-corrected chi connectivity index (χ3v) is 6.23. The Morgan fingerprint density at radius 3 is 2.74 bits per heavy atom. The van der Waals surface area contributed by atoms with Crippen LogP contribution in [0.2, 0.25) is 0 Å². The second-order valence-electron chi connectivity index (χ2n) is 8.04. The molecule has 1 amide bonds. The van der Waals surface area contributed by atoms with Gasteiger partial charge in [-0.3, -0.25) is 10.2 Å². The highest BCUT2D eigenvalue weighted by atomic mass is 32.1. The lowest BCUT2D eigenvalue weighted by atomic mass is 9.94. The van der Waals surface area contributed by atoms with Crippen LogP contribution in [0.4, 0.5) is 18.3 Å². The number of alkyl halides is 3. The molecule has 0 bridgehead atoms. The zero-order chi connectivity index (χ0) is 24.1. The van der Waals surface area contributed by atoms with Crippen LogP contribution in [0, 0.1) is 5.92 Å². The van der Waals surface area contributed by atoms with Crippen LogP contribution < -0.4 is 21.2 Å². The number of amides is 1. The molecule has 182 valence electrons. The van der Waals surface area contributed by atoms with Crippen LogP contribution in [0.25, 0.3) is 0 Å². The first-order valence-electron chi connectivity index (χ1n) is 10.7. The number of nitrogen functional groups attached to an aromatic ring is 1. The fourth-order valence-corrected chi connectivity index (χ4v) is 4.60. The molecule has 1 atom stereocenters. The van der Waals surface area contributed by atoms with Crippen molar-refractivity contribution < 1.29 is 22.7 Å². The summed E-state index contributed by atoms with van der Waals surface area (Å²) in [6, 6.07) is 5.35. The van der Waals surface area contributed by atoms with Crippen molar-refractivity contribution in [3.8, 4) is 5.75 Å². The largest absolute Gasteiger partial charge is 0.573 e. The summed E-state index contributed by atoms with van der Waals surface area (Å²) < 4.78 is 41.0. The van der Waals surface area contributed by atoms with E-state index >= 15 is 0 Å². The maximum Gasteiger partial charge on any atom is 0.573 e. The van der Waals surface area contributed by atoms with Gasteiger partial charge in [-0.2, -0.15) is 5.10 Å². The standard InChI is InChI=1S/C21H24F3N7O2S/c22-21(23,24)33-15-3-1-2-14(10-15)11-18(32)26-16-4-5-17(28-27-16)31-8-6-13(7-9-31)12-19-29-30-20(25)34-19/h1-5,10,13,16,27H,6-9,11-12H2,(H2,25,30)(H,26,32). The van der Waals surface area contributed by atoms with Gasteiger partial charge in [0.25, 0.3) is 0 Å². The van der Waals surface area contributed by atoms with Crippen molar-refractivity contribution in [2.45, 2.75) is 38.2 Å². The van der Waals surface area contributed by atoms with Crippen molar-refractivity contribution in [2.75, 3.05) is 18.8 Å². The van der Waals surface area contributed by atoms with Crippen LogP contribution in [0.1, 0.15) is 23.4 Å². The van der Waals surface area contributed by atoms with Gasteiger partial charge in [-0.05, 0) is 48.6 Å². The number of ether oxygens (including phenoxy) is 1. The fourth-order valence-electron chi connectivity index (χ4n) is 3.88. The number of nitrogens with zero attached hydrogens (tertiary/aromatic N) is 4. The molecule has 2 aliphatic rings. The summed E-state index contributed by atoms with van der Waals surface area (Å²) in [5.41, 5.74) is 8.95. The van der Waals surface area contributed by atoms with Gasteiger partial charge in [0.15, 0.2) is 0 Å². The number of piperidine rings is 1. The summed E-state index contributed by atoms with van der Waals surface area (Å²) in [7, 11) is 0. The molecule has 4 rings (SSSR count). The minimum Gasteiger partial charge on any atom is -0.406 e. The number of hydrazone groups is 1. The third kappa shape index (κ3) is 6.83. The van der Waals surface area contributed by atoms with Crippen molar-refractivity contribution in [1.29, 1.82) is 0 Å². The van der Waals surface area contributed by atoms with Gasteiger partial charge in [0.1, 0.15) is 22.8 Å². The molecule has 0 radical (unpaired) electrons. The summed E-state index contributed by atoms with van der Waals surface area (Å²) in [4.78, 5) is 14.5. The van der Waals surface area contributed by atoms with Crippen LogP contribution in [0.5, 0.6) is 5.75 Å². The van der Waals surface area contributed by atoms with Crippen molar-refractivity contribution >= 4 is 28.2 Å². The molecule has 0 saturated carbocycles. The number of amidine groups is 1. The molecule has 1 saturated heterocycles. The number of hydrogen-bond acceptors (Lipinski definition) is 9. The zero-order valence-corrected chi connectivity index (χ0v) is 18.9. The number of carbonyl (C=O) groups excluding carboxylic acids is 1. The molecule has 9 nitrogen and oxygen atoms in total. The summed E-state index contributed by atoms with van der Waals surface area (Å²) in [5, 5.41) is 16.5. The second kappa shape index (κ2) is 10.3. The Bertz CT molecular complexity index is 1060. The van der Waals surface area contributed by atoms with Crippen molar-refractivity contribution in [3.63, 3.8) is 0 Å². The van der Waals surface area contributed by atoms with E-state index in [2.05, 4.69) is 35.7 Å². The quantitative estimate of drug-likeness (QED) is 0.563. The Morgan fingerprint density at radius 2 is 2.09 bits per heavy atom. The molecule has 34 heavy (non-hydrogen) atoms. The van der Waals surface area contributed by atoms with Gasteiger partial charge in [-0.1, -0.05) is 23.5 Å². The first-order chi connectivity index (χ1) is 16.2. The van der Waals surface area contributed by atoms with Crippen molar-refractivity contribution in [3.05, 3.63) is 47.0 Å². The second-order valence-corrected chi connectivity index (χ2v) is 9.14. The Kier molecular flexibility index (Phi) is 7.20. The number of anilines is 1. The van der Waals surface area contributed by atoms with E-state index < -0.39 is 12.5 Å². The van der Waals surface area contributed by atoms with Gasteiger partial charge < -0.3 is 20.7 Å². The van der Waals surface area contributed by atoms with E-state index in [1.807, 2.05) is 6.08 Å². The highest BCUT2D eigenvalue weighted by Crippen LogP contribution is 2.25. The Balaban J connectivity index is 1.21. The minimum atomic E-state index is -4.78. The minimum absolute atomic E-state index is 0.0918. The van der Waals surface area contributed by atoms with E-state index in [-0.39, 0.29) is 18.1 Å². The zero-order valence-electron chi connectivity index (χ0n) is 18.1. The Labute approximate surface area is 197 Å². The van der Waals surface area contributed by atoms with Gasteiger partial charge in [0.05, 0.1) is 6.42 Å². The average Bonchev–Trinajstić information content (AvgIpc) is 3.18. The number of aromatic nitrogens is 2. The maximum absolute atomic E-state index is 12.4. The summed E-state index contributed by atoms with van der Waals surface area (Å²) >= 11 is 1.43. The van der Waals surface area contributed by atoms with E-state index in [1.54, 1.807) is 12.1 Å². The third-order valence-electron chi connectivity index (χ3n) is 5.45. The number of carbonyl (C=O) groups is 1. The molecule has 3 heterocycles. The molecule has 1 unspecified atom stereocenters. The van der Waals surface area contributed by atoms with Crippen molar-refractivity contribution in [1.82, 2.24) is 25.8 Å². The molecule has 2 aromatic rings. The maximum atomic E-state index is 12.4. The van der Waals surface area contributed by atoms with Gasteiger partial charge >= 0.3 is 6.36 Å². The number of nitrogens with two attached hydrogens (primary N) is 1. The van der Waals surface area contributed by atoms with Crippen LogP contribution in [0.15, 0.2) is 41.5 Å². The normalized spacial score (nSPS) is 18.9. The number of benzene rings is 1. The molecular weight excluding hydrogens is 471 g/mol. The van der Waals surface area contributed by atoms with Crippen LogP contribution in [-0.4, -0.2) is 52.5 Å². The molecular formula is C21H24F3N7O2S. The molecule has 1 aromatic heterocycles. The number of nitrogens with one attached hydrogen (secondary N) is 2. The van der Waals surface area contributed by atoms with E-state index in [9.17, 15) is 18.0 Å². The molecule has 1 fully saturated rings. The van der Waals surface area contributed by atoms with E-state index in [0.717, 1.165) is 43.2 Å². The molecule has 2 aliphatic heterocycles. The fraction of sp³-hybridized carbons (Fsp3) is 0.429. The molecule has 1 aromatic carbocycles. The lowest BCUT2D eigenvalue weighted by Gasteiger charge is -2.34. The highest BCUT2D eigenvalue weighted by molar-refractivity contribution is 7.15. The molecule has 13 heteroatoms. The number of halogens is 3. The summed E-state index contributed by atoms with van der Waals surface area (Å²) in [6.07, 6.45) is 1.15. The Morgan fingerprint density at radius 1 is 1.29 bits per heavy atom. The molecule has 4 N–H and O–H groups in total. The summed E-state index contributed by atoms with van der Waals surface area (Å²) in [6.45, 7) is 1.72. The van der Waals surface area contributed by atoms with Crippen LogP contribution in [-0.2, 0) is 17.6 Å². The van der Waals surface area contributed by atoms with E-state index in [1.165, 1.54) is 29.5 Å². The number of hydrogen-bond donors (Lipinski definition) is 3. The molecule has 0 aliphatic carbocycles. The van der Waals surface area contributed by atoms with Crippen LogP contribution in [0.3, 0.4) is 0 Å². The van der Waals surface area contributed by atoms with Gasteiger partial charge in [0.2, 0.25) is 11.0 Å². The SMILES string of the molecule is Nc1nnc(CC2CCN(C3=NNC(NC(=O)Cc4cccc(OC(F)(F)F)c4)C=C3)CC2)s1. The van der Waals surface area contributed by atoms with Gasteiger partial charge in [0, 0.05) is 19.5 Å². The summed E-state index contributed by atoms with van der Waals surface area (Å²) in [5.74, 6) is 0.597. The first-order valence-corrected chi connectivity index (χ1v) is 11.5. The number of likely N-dealkylation sites (tertiary alicyclic amines) is 1. The Hall–Kier alpha value is -3.35. The number of rotatable bonds is 6. The van der Waals surface area contributed by atoms with Crippen LogP contribution >= 0.6 is 11.3 Å². The average molecular weight is 496 g/mol. The van der Waals surface area contributed by atoms with Gasteiger partial charge in [-0.15, -0.1) is 23.4 Å². The lowest BCUT2D eigenvalue weighted by molar-refractivity contribution is -0.274. The topological polar surface area (TPSA) is 118 Å². The first kappa shape index (κ1) is 23.8. The van der Waals surface area contributed by atoms with E-state index in [0.29, 0.717) is 16.6 Å². The van der Waals surface area contributed by atoms with Crippen molar-refractivity contribution in [2.24, 2.45) is 11.0 Å². The highest BCUT2D eigenvalue weighted by Gasteiger charge is 2.31. The smallest absolute Gasteiger partial charge is 0.406 e. The van der Waals surface area contributed by atoms with E-state index in [4.69, 9.17) is 5.73 Å².